The molecule has 0 N–H and O–H groups in total. The second-order valence-corrected chi connectivity index (χ2v) is 5.19. The molecule has 0 aliphatic rings. The van der Waals surface area contributed by atoms with Crippen molar-refractivity contribution >= 4 is 34.5 Å². The smallest absolute Gasteiger partial charge is 0.185 e. The number of hydrogen-bond acceptors (Lipinski definition) is 2. The lowest BCUT2D eigenvalue weighted by atomic mass is 10.1. The zero-order valence-electron chi connectivity index (χ0n) is 10.0. The Hall–Kier alpha value is -1.93. The number of nitrogens with zero attached hydrogens (tertiary/aromatic N) is 1. The van der Waals surface area contributed by atoms with Crippen LogP contribution in [-0.2, 0) is 0 Å². The van der Waals surface area contributed by atoms with Crippen LogP contribution >= 0.6 is 22.6 Å². The summed E-state index contributed by atoms with van der Waals surface area (Å²) in [5.41, 5.74) is 2.09. The molecule has 0 amide bonds. The Morgan fingerprint density at radius 1 is 1.16 bits per heavy atom. The predicted molar refractivity (Wildman–Crippen MR) is 83.7 cm³/mol. The average molecular weight is 359 g/mol. The minimum atomic E-state index is -0.0428. The topological polar surface area (TPSA) is 40.9 Å². The molecule has 2 aromatic carbocycles. The van der Waals surface area contributed by atoms with E-state index >= 15 is 0 Å². The van der Waals surface area contributed by atoms with E-state index in [4.69, 9.17) is 5.26 Å². The van der Waals surface area contributed by atoms with Gasteiger partial charge in [-0.25, -0.2) is 0 Å². The number of nitriles is 1. The molecule has 0 radical (unpaired) electrons. The zero-order valence-corrected chi connectivity index (χ0v) is 12.2. The Labute approximate surface area is 125 Å². The number of ketones is 1. The molecule has 0 aliphatic heterocycles. The molecule has 0 spiro atoms. The molecular weight excluding hydrogens is 349 g/mol. The van der Waals surface area contributed by atoms with Crippen molar-refractivity contribution in [3.05, 3.63) is 74.9 Å². The number of rotatable bonds is 3. The fourth-order valence-corrected chi connectivity index (χ4v) is 1.95. The number of carbonyl (C=O) groups is 1. The Bertz CT molecular complexity index is 666. The molecule has 3 heteroatoms. The summed E-state index contributed by atoms with van der Waals surface area (Å²) in [6, 6.07) is 16.6. The normalized spacial score (nSPS) is 10.3. The molecule has 92 valence electrons. The van der Waals surface area contributed by atoms with Gasteiger partial charge in [0, 0.05) is 9.13 Å². The van der Waals surface area contributed by atoms with Gasteiger partial charge in [0.15, 0.2) is 5.78 Å². The number of hydrogen-bond donors (Lipinski definition) is 0. The van der Waals surface area contributed by atoms with Crippen LogP contribution in [-0.4, -0.2) is 5.78 Å². The van der Waals surface area contributed by atoms with Gasteiger partial charge in [0.1, 0.15) is 0 Å². The maximum Gasteiger partial charge on any atom is 0.185 e. The van der Waals surface area contributed by atoms with E-state index in [9.17, 15) is 4.79 Å². The molecular formula is C16H10INO. The molecule has 0 aliphatic carbocycles. The summed E-state index contributed by atoms with van der Waals surface area (Å²) >= 11 is 2.20. The van der Waals surface area contributed by atoms with Gasteiger partial charge in [-0.05, 0) is 58.5 Å². The van der Waals surface area contributed by atoms with Gasteiger partial charge in [0.2, 0.25) is 0 Å². The van der Waals surface area contributed by atoms with Gasteiger partial charge in [-0.15, -0.1) is 0 Å². The number of benzene rings is 2. The summed E-state index contributed by atoms with van der Waals surface area (Å²) in [5.74, 6) is -0.0428. The second-order valence-electron chi connectivity index (χ2n) is 3.94. The van der Waals surface area contributed by atoms with Crippen LogP contribution < -0.4 is 0 Å². The molecule has 0 unspecified atom stereocenters. The highest BCUT2D eigenvalue weighted by Crippen LogP contribution is 2.10. The number of carbonyl (C=O) groups excluding carboxylic acids is 1. The van der Waals surface area contributed by atoms with Crippen LogP contribution in [0.2, 0.25) is 0 Å². The van der Waals surface area contributed by atoms with Crippen molar-refractivity contribution < 1.29 is 4.79 Å². The zero-order chi connectivity index (χ0) is 13.7. The quantitative estimate of drug-likeness (QED) is 0.471. The van der Waals surface area contributed by atoms with Gasteiger partial charge in [-0.3, -0.25) is 4.79 Å². The van der Waals surface area contributed by atoms with Gasteiger partial charge < -0.3 is 0 Å². The van der Waals surface area contributed by atoms with Crippen LogP contribution in [0, 0.1) is 14.9 Å². The fraction of sp³-hybridized carbons (Fsp3) is 0. The fourth-order valence-electron chi connectivity index (χ4n) is 1.59. The van der Waals surface area contributed by atoms with Crippen molar-refractivity contribution in [1.82, 2.24) is 0 Å². The molecule has 0 aromatic heterocycles. The molecule has 19 heavy (non-hydrogen) atoms. The molecule has 0 bridgehead atoms. The van der Waals surface area contributed by atoms with E-state index in [1.54, 1.807) is 36.4 Å². The largest absolute Gasteiger partial charge is 0.289 e. The van der Waals surface area contributed by atoms with Gasteiger partial charge in [0.25, 0.3) is 0 Å². The Morgan fingerprint density at radius 3 is 2.58 bits per heavy atom. The SMILES string of the molecule is N#Cc1cccc(/C=C/C(=O)c2ccc(I)cc2)c1. The molecule has 2 rings (SSSR count). The molecule has 0 fully saturated rings. The summed E-state index contributed by atoms with van der Waals surface area (Å²) in [6.45, 7) is 0. The first-order valence-electron chi connectivity index (χ1n) is 5.67. The third kappa shape index (κ3) is 3.76. The van der Waals surface area contributed by atoms with Crippen molar-refractivity contribution in [1.29, 1.82) is 5.26 Å². The van der Waals surface area contributed by atoms with Crippen LogP contribution in [0.3, 0.4) is 0 Å². The molecule has 0 saturated carbocycles. The van der Waals surface area contributed by atoms with Gasteiger partial charge in [-0.1, -0.05) is 30.3 Å². The van der Waals surface area contributed by atoms with Crippen LogP contribution in [0.4, 0.5) is 0 Å². The molecule has 2 aromatic rings. The van der Waals surface area contributed by atoms with E-state index in [1.807, 2.05) is 18.2 Å². The second kappa shape index (κ2) is 6.30. The maximum absolute atomic E-state index is 11.9. The summed E-state index contributed by atoms with van der Waals surface area (Å²) in [4.78, 5) is 11.9. The number of allylic oxidation sites excluding steroid dienone is 1. The minimum Gasteiger partial charge on any atom is -0.289 e. The Kier molecular flexibility index (Phi) is 4.48. The highest BCUT2D eigenvalue weighted by Gasteiger charge is 2.00. The summed E-state index contributed by atoms with van der Waals surface area (Å²) in [5, 5.41) is 8.80. The van der Waals surface area contributed by atoms with E-state index in [0.717, 1.165) is 9.13 Å². The molecule has 0 saturated heterocycles. The van der Waals surface area contributed by atoms with Gasteiger partial charge >= 0.3 is 0 Å². The lowest BCUT2D eigenvalue weighted by Crippen LogP contribution is -1.93. The molecule has 0 heterocycles. The van der Waals surface area contributed by atoms with Crippen LogP contribution in [0.1, 0.15) is 21.5 Å². The minimum absolute atomic E-state index is 0.0428. The van der Waals surface area contributed by atoms with Crippen molar-refractivity contribution in [2.24, 2.45) is 0 Å². The highest BCUT2D eigenvalue weighted by molar-refractivity contribution is 14.1. The lowest BCUT2D eigenvalue weighted by molar-refractivity contribution is 0.104. The van der Waals surface area contributed by atoms with Crippen molar-refractivity contribution in [2.75, 3.05) is 0 Å². The van der Waals surface area contributed by atoms with Crippen molar-refractivity contribution in [3.63, 3.8) is 0 Å². The first-order valence-corrected chi connectivity index (χ1v) is 6.75. The monoisotopic (exact) mass is 359 g/mol. The van der Waals surface area contributed by atoms with Gasteiger partial charge in [-0.2, -0.15) is 5.26 Å². The molecule has 0 atom stereocenters. The third-order valence-electron chi connectivity index (χ3n) is 2.57. The first-order chi connectivity index (χ1) is 9.19. The Morgan fingerprint density at radius 2 is 1.89 bits per heavy atom. The summed E-state index contributed by atoms with van der Waals surface area (Å²) < 4.78 is 1.10. The van der Waals surface area contributed by atoms with Crippen LogP contribution in [0.15, 0.2) is 54.6 Å². The Balaban J connectivity index is 2.16. The number of halogens is 1. The maximum atomic E-state index is 11.9. The van der Waals surface area contributed by atoms with Crippen LogP contribution in [0.25, 0.3) is 6.08 Å². The van der Waals surface area contributed by atoms with E-state index in [2.05, 4.69) is 28.7 Å². The van der Waals surface area contributed by atoms with Crippen molar-refractivity contribution in [3.8, 4) is 6.07 Å². The summed E-state index contributed by atoms with van der Waals surface area (Å²) in [7, 11) is 0. The highest BCUT2D eigenvalue weighted by atomic mass is 127. The molecule has 2 nitrogen and oxygen atoms in total. The first kappa shape index (κ1) is 13.5. The van der Waals surface area contributed by atoms with Crippen LogP contribution in [0.5, 0.6) is 0 Å². The standard InChI is InChI=1S/C16H10INO/c17-15-7-5-14(6-8-15)16(19)9-4-12-2-1-3-13(10-12)11-18/h1-10H/b9-4+. The third-order valence-corrected chi connectivity index (χ3v) is 3.29. The van der Waals surface area contributed by atoms with E-state index in [-0.39, 0.29) is 5.78 Å². The average Bonchev–Trinajstić information content (AvgIpc) is 2.46. The predicted octanol–water partition coefficient (Wildman–Crippen LogP) is 4.06. The summed E-state index contributed by atoms with van der Waals surface area (Å²) in [6.07, 6.45) is 3.25. The van der Waals surface area contributed by atoms with E-state index in [1.165, 1.54) is 6.08 Å². The van der Waals surface area contributed by atoms with Gasteiger partial charge in [0.05, 0.1) is 11.6 Å². The lowest BCUT2D eigenvalue weighted by Gasteiger charge is -1.97. The van der Waals surface area contributed by atoms with E-state index < -0.39 is 0 Å². The van der Waals surface area contributed by atoms with Crippen molar-refractivity contribution in [2.45, 2.75) is 0 Å². The van der Waals surface area contributed by atoms with E-state index in [0.29, 0.717) is 11.1 Å².